The standard InChI is InChI=1S/C17H15Cl2N3O4/c1-26-14-5-3-2-4-13(14)22-15(23)9-20-16(24)17(25)21-12-7-10(18)6-11(19)8-12/h2-8H,9H2,1H3,(H,20,24)(H,21,25)(H,22,23). The maximum Gasteiger partial charge on any atom is 0.313 e. The molecule has 7 nitrogen and oxygen atoms in total. The van der Waals surface area contributed by atoms with E-state index in [0.29, 0.717) is 21.5 Å². The molecule has 0 bridgehead atoms. The molecular formula is C17H15Cl2N3O4. The molecule has 9 heteroatoms. The minimum Gasteiger partial charge on any atom is -0.495 e. The van der Waals surface area contributed by atoms with Crippen LogP contribution in [0.1, 0.15) is 0 Å². The Morgan fingerprint density at radius 3 is 2.27 bits per heavy atom. The average Bonchev–Trinajstić information content (AvgIpc) is 2.59. The Labute approximate surface area is 159 Å². The average molecular weight is 396 g/mol. The summed E-state index contributed by atoms with van der Waals surface area (Å²) in [6.07, 6.45) is 0. The van der Waals surface area contributed by atoms with Crippen molar-refractivity contribution in [3.05, 3.63) is 52.5 Å². The van der Waals surface area contributed by atoms with Gasteiger partial charge < -0.3 is 20.7 Å². The summed E-state index contributed by atoms with van der Waals surface area (Å²) >= 11 is 11.6. The SMILES string of the molecule is COc1ccccc1NC(=O)CNC(=O)C(=O)Nc1cc(Cl)cc(Cl)c1. The van der Waals surface area contributed by atoms with Crippen LogP contribution in [0.2, 0.25) is 10.0 Å². The lowest BCUT2D eigenvalue weighted by atomic mass is 10.3. The molecule has 0 saturated heterocycles. The number of nitrogens with one attached hydrogen (secondary N) is 3. The lowest BCUT2D eigenvalue weighted by Gasteiger charge is -2.10. The van der Waals surface area contributed by atoms with E-state index >= 15 is 0 Å². The summed E-state index contributed by atoms with van der Waals surface area (Å²) in [5.41, 5.74) is 0.716. The highest BCUT2D eigenvalue weighted by molar-refractivity contribution is 6.40. The molecule has 2 rings (SSSR count). The van der Waals surface area contributed by atoms with Gasteiger partial charge in [-0.15, -0.1) is 0 Å². The van der Waals surface area contributed by atoms with E-state index in [-0.39, 0.29) is 12.2 Å². The molecule has 0 aliphatic rings. The van der Waals surface area contributed by atoms with Gasteiger partial charge in [-0.05, 0) is 30.3 Å². The zero-order valence-corrected chi connectivity index (χ0v) is 15.1. The monoisotopic (exact) mass is 395 g/mol. The first kappa shape index (κ1) is 19.6. The molecule has 26 heavy (non-hydrogen) atoms. The second kappa shape index (κ2) is 9.07. The summed E-state index contributed by atoms with van der Waals surface area (Å²) in [5, 5.41) is 7.76. The number of methoxy groups -OCH3 is 1. The van der Waals surface area contributed by atoms with Crippen LogP contribution in [-0.4, -0.2) is 31.4 Å². The number of carbonyl (C=O) groups excluding carboxylic acids is 3. The molecule has 0 saturated carbocycles. The Hall–Kier alpha value is -2.77. The van der Waals surface area contributed by atoms with Crippen molar-refractivity contribution in [2.45, 2.75) is 0 Å². The Morgan fingerprint density at radius 2 is 1.62 bits per heavy atom. The van der Waals surface area contributed by atoms with Crippen LogP contribution in [0, 0.1) is 0 Å². The van der Waals surface area contributed by atoms with E-state index in [1.807, 2.05) is 0 Å². The normalized spacial score (nSPS) is 9.96. The van der Waals surface area contributed by atoms with Gasteiger partial charge in [-0.3, -0.25) is 14.4 Å². The number of amides is 3. The van der Waals surface area contributed by atoms with Gasteiger partial charge in [0, 0.05) is 15.7 Å². The quantitative estimate of drug-likeness (QED) is 0.678. The highest BCUT2D eigenvalue weighted by Crippen LogP contribution is 2.23. The van der Waals surface area contributed by atoms with Crippen molar-refractivity contribution in [1.29, 1.82) is 0 Å². The van der Waals surface area contributed by atoms with Crippen LogP contribution in [0.3, 0.4) is 0 Å². The van der Waals surface area contributed by atoms with E-state index in [2.05, 4.69) is 16.0 Å². The third-order valence-corrected chi connectivity index (χ3v) is 3.55. The number of hydrogen-bond donors (Lipinski definition) is 3. The maximum atomic E-state index is 11.9. The van der Waals surface area contributed by atoms with Gasteiger partial charge in [0.2, 0.25) is 5.91 Å². The first-order valence-electron chi connectivity index (χ1n) is 7.37. The topological polar surface area (TPSA) is 96.5 Å². The van der Waals surface area contributed by atoms with E-state index < -0.39 is 17.7 Å². The molecular weight excluding hydrogens is 381 g/mol. The third-order valence-electron chi connectivity index (χ3n) is 3.12. The lowest BCUT2D eigenvalue weighted by Crippen LogP contribution is -2.39. The lowest BCUT2D eigenvalue weighted by molar-refractivity contribution is -0.136. The van der Waals surface area contributed by atoms with Crippen molar-refractivity contribution >= 4 is 52.3 Å². The molecule has 0 atom stereocenters. The molecule has 0 spiro atoms. The van der Waals surface area contributed by atoms with Gasteiger partial charge in [0.15, 0.2) is 0 Å². The molecule has 0 aliphatic heterocycles. The Bertz CT molecular complexity index is 822. The second-order valence-corrected chi connectivity index (χ2v) is 5.92. The van der Waals surface area contributed by atoms with E-state index in [4.69, 9.17) is 27.9 Å². The van der Waals surface area contributed by atoms with E-state index in [0.717, 1.165) is 0 Å². The Balaban J connectivity index is 1.87. The first-order valence-corrected chi connectivity index (χ1v) is 8.13. The fourth-order valence-electron chi connectivity index (χ4n) is 2.00. The molecule has 2 aromatic carbocycles. The summed E-state index contributed by atoms with van der Waals surface area (Å²) in [7, 11) is 1.47. The van der Waals surface area contributed by atoms with Gasteiger partial charge in [-0.2, -0.15) is 0 Å². The van der Waals surface area contributed by atoms with Crippen molar-refractivity contribution in [3.8, 4) is 5.75 Å². The minimum atomic E-state index is -0.976. The molecule has 0 aromatic heterocycles. The number of ether oxygens (including phenoxy) is 1. The van der Waals surface area contributed by atoms with Crippen molar-refractivity contribution in [1.82, 2.24) is 5.32 Å². The molecule has 3 N–H and O–H groups in total. The zero-order valence-electron chi connectivity index (χ0n) is 13.6. The summed E-state index contributed by atoms with van der Waals surface area (Å²) in [6, 6.07) is 11.2. The van der Waals surface area contributed by atoms with Crippen LogP contribution >= 0.6 is 23.2 Å². The van der Waals surface area contributed by atoms with Crippen LogP contribution in [0.25, 0.3) is 0 Å². The van der Waals surface area contributed by atoms with E-state index in [1.54, 1.807) is 24.3 Å². The number of benzene rings is 2. The van der Waals surface area contributed by atoms with Gasteiger partial charge in [0.05, 0.1) is 19.3 Å². The smallest absolute Gasteiger partial charge is 0.313 e. The molecule has 2 aromatic rings. The highest BCUT2D eigenvalue weighted by Gasteiger charge is 2.16. The van der Waals surface area contributed by atoms with Gasteiger partial charge in [-0.25, -0.2) is 0 Å². The third kappa shape index (κ3) is 5.65. The summed E-state index contributed by atoms with van der Waals surface area (Å²) in [6.45, 7) is -0.388. The fourth-order valence-corrected chi connectivity index (χ4v) is 2.52. The van der Waals surface area contributed by atoms with Crippen molar-refractivity contribution in [3.63, 3.8) is 0 Å². The van der Waals surface area contributed by atoms with Crippen LogP contribution in [-0.2, 0) is 14.4 Å². The first-order chi connectivity index (χ1) is 12.4. The molecule has 0 unspecified atom stereocenters. The van der Waals surface area contributed by atoms with E-state index in [1.165, 1.54) is 25.3 Å². The van der Waals surface area contributed by atoms with Gasteiger partial charge in [0.1, 0.15) is 5.75 Å². The van der Waals surface area contributed by atoms with E-state index in [9.17, 15) is 14.4 Å². The Morgan fingerprint density at radius 1 is 0.962 bits per heavy atom. The summed E-state index contributed by atoms with van der Waals surface area (Å²) < 4.78 is 5.11. The predicted molar refractivity (Wildman–Crippen MR) is 99.7 cm³/mol. The number of hydrogen-bond acceptors (Lipinski definition) is 4. The van der Waals surface area contributed by atoms with Crippen LogP contribution in [0.5, 0.6) is 5.75 Å². The number of rotatable bonds is 5. The molecule has 0 radical (unpaired) electrons. The number of carbonyl (C=O) groups is 3. The van der Waals surface area contributed by atoms with Crippen LogP contribution in [0.15, 0.2) is 42.5 Å². The van der Waals surface area contributed by atoms with Crippen LogP contribution < -0.4 is 20.7 Å². The maximum absolute atomic E-state index is 11.9. The fraction of sp³-hybridized carbons (Fsp3) is 0.118. The molecule has 3 amide bonds. The number of halogens is 2. The van der Waals surface area contributed by atoms with Crippen molar-refractivity contribution in [2.75, 3.05) is 24.3 Å². The summed E-state index contributed by atoms with van der Waals surface area (Å²) in [5.74, 6) is -1.96. The molecule has 136 valence electrons. The highest BCUT2D eigenvalue weighted by atomic mass is 35.5. The van der Waals surface area contributed by atoms with Crippen LogP contribution in [0.4, 0.5) is 11.4 Å². The molecule has 0 heterocycles. The van der Waals surface area contributed by atoms with Gasteiger partial charge in [-0.1, -0.05) is 35.3 Å². The predicted octanol–water partition coefficient (Wildman–Crippen LogP) is 2.70. The van der Waals surface area contributed by atoms with Gasteiger partial charge >= 0.3 is 11.8 Å². The van der Waals surface area contributed by atoms with Gasteiger partial charge in [0.25, 0.3) is 0 Å². The molecule has 0 fully saturated rings. The second-order valence-electron chi connectivity index (χ2n) is 5.04. The summed E-state index contributed by atoms with van der Waals surface area (Å²) in [4.78, 5) is 35.6. The zero-order chi connectivity index (χ0) is 19.1. The Kier molecular flexibility index (Phi) is 6.82. The number of anilines is 2. The van der Waals surface area contributed by atoms with Crippen molar-refractivity contribution in [2.24, 2.45) is 0 Å². The minimum absolute atomic E-state index is 0.265. The largest absolute Gasteiger partial charge is 0.495 e. The molecule has 0 aliphatic carbocycles. The van der Waals surface area contributed by atoms with Crippen molar-refractivity contribution < 1.29 is 19.1 Å². The number of para-hydroxylation sites is 2.